The summed E-state index contributed by atoms with van der Waals surface area (Å²) in [6, 6.07) is 9.67. The summed E-state index contributed by atoms with van der Waals surface area (Å²) in [5, 5.41) is 2.10. The molecule has 28 heavy (non-hydrogen) atoms. The van der Waals surface area contributed by atoms with Crippen LogP contribution in [0.2, 0.25) is 5.02 Å². The number of rotatable bonds is 7. The van der Waals surface area contributed by atoms with Gasteiger partial charge in [0.25, 0.3) is 5.91 Å². The Kier molecular flexibility index (Phi) is 7.28. The van der Waals surface area contributed by atoms with Gasteiger partial charge in [0.15, 0.2) is 13.2 Å². The van der Waals surface area contributed by atoms with Gasteiger partial charge < -0.3 is 14.8 Å². The van der Waals surface area contributed by atoms with Gasteiger partial charge in [-0.05, 0) is 36.2 Å². The van der Waals surface area contributed by atoms with Crippen molar-refractivity contribution >= 4 is 29.2 Å². The molecule has 1 N–H and O–H groups in total. The van der Waals surface area contributed by atoms with Gasteiger partial charge in [0.05, 0.1) is 16.3 Å². The van der Waals surface area contributed by atoms with Gasteiger partial charge in [-0.25, -0.2) is 4.79 Å². The van der Waals surface area contributed by atoms with Crippen molar-refractivity contribution in [2.75, 3.05) is 18.5 Å². The SMILES string of the molecule is CCc1ccccc1OCC(=O)OCC(=O)Nc1cc(C(F)(F)F)ccc1Cl. The summed E-state index contributed by atoms with van der Waals surface area (Å²) in [4.78, 5) is 23.6. The van der Waals surface area contributed by atoms with Crippen LogP contribution in [-0.2, 0) is 26.9 Å². The zero-order valence-corrected chi connectivity index (χ0v) is 15.6. The molecule has 0 unspecified atom stereocenters. The first-order chi connectivity index (χ1) is 13.2. The topological polar surface area (TPSA) is 64.6 Å². The second-order valence-corrected chi connectivity index (χ2v) is 6.06. The van der Waals surface area contributed by atoms with Crippen LogP contribution in [0.1, 0.15) is 18.1 Å². The van der Waals surface area contributed by atoms with Crippen LogP contribution in [-0.4, -0.2) is 25.1 Å². The summed E-state index contributed by atoms with van der Waals surface area (Å²) in [5.74, 6) is -1.10. The predicted octanol–water partition coefficient (Wildman–Crippen LogP) is 4.48. The third-order valence-corrected chi connectivity index (χ3v) is 3.96. The normalized spacial score (nSPS) is 11.0. The summed E-state index contributed by atoms with van der Waals surface area (Å²) < 4.78 is 48.3. The van der Waals surface area contributed by atoms with E-state index in [2.05, 4.69) is 5.32 Å². The quantitative estimate of drug-likeness (QED) is 0.677. The monoisotopic (exact) mass is 415 g/mol. The van der Waals surface area contributed by atoms with Gasteiger partial charge in [-0.1, -0.05) is 36.7 Å². The highest BCUT2D eigenvalue weighted by Gasteiger charge is 2.31. The minimum absolute atomic E-state index is 0.0767. The first-order valence-corrected chi connectivity index (χ1v) is 8.61. The van der Waals surface area contributed by atoms with Gasteiger partial charge in [0, 0.05) is 0 Å². The molecular formula is C19H17ClF3NO4. The molecule has 2 aromatic carbocycles. The lowest BCUT2D eigenvalue weighted by atomic mass is 10.1. The van der Waals surface area contributed by atoms with Crippen molar-refractivity contribution in [2.24, 2.45) is 0 Å². The van der Waals surface area contributed by atoms with Crippen LogP contribution in [0.25, 0.3) is 0 Å². The van der Waals surface area contributed by atoms with E-state index in [-0.39, 0.29) is 10.7 Å². The van der Waals surface area contributed by atoms with E-state index in [1.807, 2.05) is 19.1 Å². The highest BCUT2D eigenvalue weighted by molar-refractivity contribution is 6.33. The molecule has 0 atom stereocenters. The van der Waals surface area contributed by atoms with E-state index in [4.69, 9.17) is 21.1 Å². The molecule has 0 saturated heterocycles. The second kappa shape index (κ2) is 9.45. The Labute approximate surface area is 164 Å². The molecule has 0 aliphatic rings. The number of amides is 1. The van der Waals surface area contributed by atoms with E-state index in [0.29, 0.717) is 18.2 Å². The number of esters is 1. The van der Waals surface area contributed by atoms with Crippen molar-refractivity contribution in [3.05, 3.63) is 58.6 Å². The number of carbonyl (C=O) groups excluding carboxylic acids is 2. The van der Waals surface area contributed by atoms with E-state index in [1.165, 1.54) is 0 Å². The van der Waals surface area contributed by atoms with Crippen LogP contribution >= 0.6 is 11.6 Å². The largest absolute Gasteiger partial charge is 0.482 e. The molecule has 1 amide bonds. The van der Waals surface area contributed by atoms with E-state index in [9.17, 15) is 22.8 Å². The Hall–Kier alpha value is -2.74. The van der Waals surface area contributed by atoms with Crippen molar-refractivity contribution in [1.29, 1.82) is 0 Å². The van der Waals surface area contributed by atoms with Gasteiger partial charge >= 0.3 is 12.1 Å². The second-order valence-electron chi connectivity index (χ2n) is 5.65. The highest BCUT2D eigenvalue weighted by atomic mass is 35.5. The predicted molar refractivity (Wildman–Crippen MR) is 97.4 cm³/mol. The lowest BCUT2D eigenvalue weighted by Crippen LogP contribution is -2.24. The van der Waals surface area contributed by atoms with Crippen LogP contribution in [0.15, 0.2) is 42.5 Å². The van der Waals surface area contributed by atoms with Gasteiger partial charge in [0.2, 0.25) is 0 Å². The van der Waals surface area contributed by atoms with Crippen molar-refractivity contribution in [3.8, 4) is 5.75 Å². The molecule has 150 valence electrons. The van der Waals surface area contributed by atoms with Gasteiger partial charge in [0.1, 0.15) is 5.75 Å². The van der Waals surface area contributed by atoms with Crippen LogP contribution in [0.3, 0.4) is 0 Å². The summed E-state index contributed by atoms with van der Waals surface area (Å²) in [5.41, 5.74) is -0.287. The molecule has 2 aromatic rings. The standard InChI is InChI=1S/C19H17ClF3NO4/c1-2-12-5-3-4-6-16(12)27-11-18(26)28-10-17(25)24-15-9-13(19(21,22)23)7-8-14(15)20/h3-9H,2,10-11H2,1H3,(H,24,25). The fourth-order valence-corrected chi connectivity index (χ4v) is 2.41. The molecule has 0 fully saturated rings. The average molecular weight is 416 g/mol. The summed E-state index contributed by atoms with van der Waals surface area (Å²) >= 11 is 5.79. The number of alkyl halides is 3. The number of aryl methyl sites for hydroxylation is 1. The Balaban J connectivity index is 1.86. The number of halogens is 4. The average Bonchev–Trinajstić information content (AvgIpc) is 2.65. The molecule has 0 bridgehead atoms. The van der Waals surface area contributed by atoms with Crippen molar-refractivity contribution in [2.45, 2.75) is 19.5 Å². The summed E-state index contributed by atoms with van der Waals surface area (Å²) in [6.45, 7) is 0.836. The number of ether oxygens (including phenoxy) is 2. The number of hydrogen-bond acceptors (Lipinski definition) is 4. The molecule has 0 radical (unpaired) electrons. The van der Waals surface area contributed by atoms with Gasteiger partial charge in [-0.2, -0.15) is 13.2 Å². The molecule has 0 saturated carbocycles. The maximum atomic E-state index is 12.7. The number of para-hydroxylation sites is 1. The summed E-state index contributed by atoms with van der Waals surface area (Å²) in [7, 11) is 0. The Morgan fingerprint density at radius 1 is 1.11 bits per heavy atom. The molecule has 9 heteroatoms. The van der Waals surface area contributed by atoms with Gasteiger partial charge in [-0.3, -0.25) is 4.79 Å². The van der Waals surface area contributed by atoms with Crippen molar-refractivity contribution < 1.29 is 32.2 Å². The fourth-order valence-electron chi connectivity index (χ4n) is 2.24. The molecule has 5 nitrogen and oxygen atoms in total. The number of benzene rings is 2. The fraction of sp³-hybridized carbons (Fsp3) is 0.263. The maximum Gasteiger partial charge on any atom is 0.416 e. The van der Waals surface area contributed by atoms with E-state index in [0.717, 1.165) is 17.7 Å². The molecule has 0 heterocycles. The molecule has 0 aromatic heterocycles. The molecule has 0 aliphatic heterocycles. The molecule has 2 rings (SSSR count). The smallest absolute Gasteiger partial charge is 0.416 e. The van der Waals surface area contributed by atoms with Crippen LogP contribution < -0.4 is 10.1 Å². The van der Waals surface area contributed by atoms with E-state index >= 15 is 0 Å². The lowest BCUT2D eigenvalue weighted by Gasteiger charge is -2.12. The molecule has 0 spiro atoms. The Morgan fingerprint density at radius 2 is 1.82 bits per heavy atom. The Bertz CT molecular complexity index is 855. The third kappa shape index (κ3) is 6.16. The number of carbonyl (C=O) groups is 2. The zero-order chi connectivity index (χ0) is 20.7. The Morgan fingerprint density at radius 3 is 2.50 bits per heavy atom. The van der Waals surface area contributed by atoms with Gasteiger partial charge in [-0.15, -0.1) is 0 Å². The van der Waals surface area contributed by atoms with Crippen LogP contribution in [0, 0.1) is 0 Å². The number of hydrogen-bond donors (Lipinski definition) is 1. The molecule has 0 aliphatic carbocycles. The zero-order valence-electron chi connectivity index (χ0n) is 14.8. The van der Waals surface area contributed by atoms with E-state index < -0.39 is 36.8 Å². The maximum absolute atomic E-state index is 12.7. The minimum atomic E-state index is -4.58. The molecular weight excluding hydrogens is 399 g/mol. The van der Waals surface area contributed by atoms with Crippen molar-refractivity contribution in [1.82, 2.24) is 0 Å². The first kappa shape index (κ1) is 21.6. The lowest BCUT2D eigenvalue weighted by molar-refractivity contribution is -0.149. The minimum Gasteiger partial charge on any atom is -0.482 e. The number of anilines is 1. The summed E-state index contributed by atoms with van der Waals surface area (Å²) in [6.07, 6.45) is -3.87. The van der Waals surface area contributed by atoms with E-state index in [1.54, 1.807) is 12.1 Å². The van der Waals surface area contributed by atoms with Crippen LogP contribution in [0.4, 0.5) is 18.9 Å². The first-order valence-electron chi connectivity index (χ1n) is 8.23. The van der Waals surface area contributed by atoms with Crippen molar-refractivity contribution in [3.63, 3.8) is 0 Å². The number of nitrogens with one attached hydrogen (secondary N) is 1. The highest BCUT2D eigenvalue weighted by Crippen LogP contribution is 2.33. The third-order valence-electron chi connectivity index (χ3n) is 3.63. The van der Waals surface area contributed by atoms with Crippen LogP contribution in [0.5, 0.6) is 5.75 Å².